The van der Waals surface area contributed by atoms with Crippen molar-refractivity contribution in [2.24, 2.45) is 5.92 Å². The molecule has 0 saturated carbocycles. The lowest BCUT2D eigenvalue weighted by Crippen LogP contribution is -2.36. The summed E-state index contributed by atoms with van der Waals surface area (Å²) in [6.45, 7) is 5.74. The minimum Gasteiger partial charge on any atom is -0.344 e. The molecule has 0 spiro atoms. The monoisotopic (exact) mass is 411 g/mol. The quantitative estimate of drug-likeness (QED) is 0.559. The Labute approximate surface area is 177 Å². The molecule has 1 unspecified atom stereocenters. The predicted molar refractivity (Wildman–Crippen MR) is 119 cm³/mol. The molecule has 1 fully saturated rings. The molecule has 1 saturated heterocycles. The number of likely N-dealkylation sites (tertiary alicyclic amines) is 1. The van der Waals surface area contributed by atoms with Crippen molar-refractivity contribution in [2.75, 3.05) is 24.7 Å². The lowest BCUT2D eigenvalue weighted by atomic mass is 9.99. The van der Waals surface area contributed by atoms with Gasteiger partial charge in [0.05, 0.1) is 0 Å². The summed E-state index contributed by atoms with van der Waals surface area (Å²) in [5.41, 5.74) is 2.88. The number of carbonyl (C=O) groups excluding carboxylic acids is 2. The molecule has 0 radical (unpaired) electrons. The number of rotatable bonds is 6. The summed E-state index contributed by atoms with van der Waals surface area (Å²) in [7, 11) is 0. The fraction of sp³-hybridized carbons (Fsp3) is 0.391. The van der Waals surface area contributed by atoms with Crippen molar-refractivity contribution in [1.82, 2.24) is 10.2 Å². The summed E-state index contributed by atoms with van der Waals surface area (Å²) in [6, 6.07) is 15.6. The number of benzene rings is 2. The Kier molecular flexibility index (Phi) is 7.72. The maximum absolute atomic E-state index is 12.3. The zero-order valence-electron chi connectivity index (χ0n) is 17.1. The van der Waals surface area contributed by atoms with Crippen molar-refractivity contribution >= 4 is 29.3 Å². The molecule has 0 aromatic heterocycles. The Balaban J connectivity index is 1.56. The maximum atomic E-state index is 12.3. The summed E-state index contributed by atoms with van der Waals surface area (Å²) in [6.07, 6.45) is 4.50. The first-order valence-corrected chi connectivity index (χ1v) is 11.3. The van der Waals surface area contributed by atoms with E-state index in [0.29, 0.717) is 12.2 Å². The second-order valence-corrected chi connectivity index (χ2v) is 8.50. The van der Waals surface area contributed by atoms with Crippen LogP contribution < -0.4 is 10.6 Å². The van der Waals surface area contributed by atoms with Gasteiger partial charge in [0.25, 0.3) is 0 Å². The lowest BCUT2D eigenvalue weighted by molar-refractivity contribution is -0.136. The molecule has 0 bridgehead atoms. The first-order valence-electron chi connectivity index (χ1n) is 10.1. The molecule has 1 heterocycles. The molecule has 5 nitrogen and oxygen atoms in total. The Morgan fingerprint density at radius 3 is 2.66 bits per heavy atom. The van der Waals surface area contributed by atoms with Gasteiger partial charge < -0.3 is 10.6 Å². The van der Waals surface area contributed by atoms with E-state index >= 15 is 0 Å². The Hall–Kier alpha value is -2.31. The summed E-state index contributed by atoms with van der Waals surface area (Å²) < 4.78 is 0. The number of amides is 2. The van der Waals surface area contributed by atoms with Crippen molar-refractivity contribution in [3.8, 4) is 0 Å². The van der Waals surface area contributed by atoms with Gasteiger partial charge in [-0.1, -0.05) is 37.3 Å². The standard InChI is InChI=1S/C23H29N3O2S/c1-17-7-6-12-26(15-17)16-19-9-4-3-8-18(19)14-24-22(27)23(28)25-20-10-5-11-21(13-20)29-2/h3-5,8-11,13,17H,6-7,12,14-16H2,1-2H3,(H,24,27)(H,25,28). The number of nitrogens with zero attached hydrogens (tertiary/aromatic N) is 1. The third kappa shape index (κ3) is 6.34. The first-order chi connectivity index (χ1) is 14.0. The van der Waals surface area contributed by atoms with E-state index in [9.17, 15) is 9.59 Å². The molecule has 1 aliphatic heterocycles. The van der Waals surface area contributed by atoms with Gasteiger partial charge >= 0.3 is 11.8 Å². The maximum Gasteiger partial charge on any atom is 0.313 e. The van der Waals surface area contributed by atoms with E-state index in [1.165, 1.54) is 18.4 Å². The van der Waals surface area contributed by atoms with Crippen molar-refractivity contribution < 1.29 is 9.59 Å². The Morgan fingerprint density at radius 1 is 1.10 bits per heavy atom. The van der Waals surface area contributed by atoms with Crippen molar-refractivity contribution in [3.05, 3.63) is 59.7 Å². The molecule has 3 rings (SSSR count). The smallest absolute Gasteiger partial charge is 0.313 e. The zero-order chi connectivity index (χ0) is 20.6. The van der Waals surface area contributed by atoms with Crippen LogP contribution in [0.3, 0.4) is 0 Å². The van der Waals surface area contributed by atoms with Crippen LogP contribution in [0.15, 0.2) is 53.4 Å². The molecule has 2 amide bonds. The molecule has 29 heavy (non-hydrogen) atoms. The third-order valence-corrected chi connectivity index (χ3v) is 5.95. The van der Waals surface area contributed by atoms with Gasteiger partial charge in [-0.15, -0.1) is 11.8 Å². The van der Waals surface area contributed by atoms with E-state index in [-0.39, 0.29) is 0 Å². The number of piperidine rings is 1. The highest BCUT2D eigenvalue weighted by Crippen LogP contribution is 2.20. The number of hydrogen-bond donors (Lipinski definition) is 2. The SMILES string of the molecule is CSc1cccc(NC(=O)C(=O)NCc2ccccc2CN2CCCC(C)C2)c1. The molecule has 2 aromatic rings. The molecule has 6 heteroatoms. The van der Waals surface area contributed by atoms with Crippen LogP contribution >= 0.6 is 11.8 Å². The third-order valence-electron chi connectivity index (χ3n) is 5.23. The predicted octanol–water partition coefficient (Wildman–Crippen LogP) is 3.90. The summed E-state index contributed by atoms with van der Waals surface area (Å²) in [5, 5.41) is 5.42. The number of hydrogen-bond acceptors (Lipinski definition) is 4. The molecule has 2 aromatic carbocycles. The molecule has 1 aliphatic rings. The average Bonchev–Trinajstić information content (AvgIpc) is 2.73. The molecular formula is C23H29N3O2S. The van der Waals surface area contributed by atoms with E-state index < -0.39 is 11.8 Å². The highest BCUT2D eigenvalue weighted by atomic mass is 32.2. The number of carbonyl (C=O) groups is 2. The van der Waals surface area contributed by atoms with Crippen LogP contribution in [0.4, 0.5) is 5.69 Å². The van der Waals surface area contributed by atoms with Gasteiger partial charge in [0, 0.05) is 30.2 Å². The van der Waals surface area contributed by atoms with Crippen molar-refractivity contribution in [3.63, 3.8) is 0 Å². The molecule has 2 N–H and O–H groups in total. The number of thioether (sulfide) groups is 1. The largest absolute Gasteiger partial charge is 0.344 e. The van der Waals surface area contributed by atoms with Gasteiger partial charge in [0.1, 0.15) is 0 Å². The highest BCUT2D eigenvalue weighted by Gasteiger charge is 2.18. The fourth-order valence-electron chi connectivity index (χ4n) is 3.70. The van der Waals surface area contributed by atoms with Crippen LogP contribution in [-0.4, -0.2) is 36.1 Å². The molecular weight excluding hydrogens is 382 g/mol. The van der Waals surface area contributed by atoms with E-state index in [2.05, 4.69) is 28.5 Å². The second-order valence-electron chi connectivity index (χ2n) is 7.62. The molecule has 1 atom stereocenters. The lowest BCUT2D eigenvalue weighted by Gasteiger charge is -2.31. The molecule has 0 aliphatic carbocycles. The summed E-state index contributed by atoms with van der Waals surface area (Å²) in [5.74, 6) is -0.546. The van der Waals surface area contributed by atoms with Crippen LogP contribution in [-0.2, 0) is 22.7 Å². The summed E-state index contributed by atoms with van der Waals surface area (Å²) >= 11 is 1.59. The molecule has 154 valence electrons. The van der Waals surface area contributed by atoms with Gasteiger partial charge in [0.15, 0.2) is 0 Å². The first kappa shape index (κ1) is 21.4. The number of anilines is 1. The van der Waals surface area contributed by atoms with Gasteiger partial charge in [-0.3, -0.25) is 14.5 Å². The van der Waals surface area contributed by atoms with Crippen molar-refractivity contribution in [2.45, 2.75) is 37.8 Å². The van der Waals surface area contributed by atoms with Crippen LogP contribution in [0.1, 0.15) is 30.9 Å². The fourth-order valence-corrected chi connectivity index (χ4v) is 4.16. The number of nitrogens with one attached hydrogen (secondary N) is 2. The van der Waals surface area contributed by atoms with Crippen LogP contribution in [0.25, 0.3) is 0 Å². The van der Waals surface area contributed by atoms with Gasteiger partial charge in [0.2, 0.25) is 0 Å². The Bertz CT molecular complexity index is 856. The van der Waals surface area contributed by atoms with E-state index in [4.69, 9.17) is 0 Å². The van der Waals surface area contributed by atoms with Crippen molar-refractivity contribution in [1.29, 1.82) is 0 Å². The normalized spacial score (nSPS) is 17.0. The van der Waals surface area contributed by atoms with Crippen LogP contribution in [0.5, 0.6) is 0 Å². The van der Waals surface area contributed by atoms with Gasteiger partial charge in [-0.25, -0.2) is 0 Å². The highest BCUT2D eigenvalue weighted by molar-refractivity contribution is 7.98. The zero-order valence-corrected chi connectivity index (χ0v) is 17.9. The van der Waals surface area contributed by atoms with Gasteiger partial charge in [-0.05, 0) is 60.9 Å². The minimum atomic E-state index is -0.648. The van der Waals surface area contributed by atoms with Crippen LogP contribution in [0.2, 0.25) is 0 Å². The van der Waals surface area contributed by atoms with E-state index in [1.54, 1.807) is 17.8 Å². The minimum absolute atomic E-state index is 0.344. The average molecular weight is 412 g/mol. The van der Waals surface area contributed by atoms with E-state index in [0.717, 1.165) is 36.0 Å². The Morgan fingerprint density at radius 2 is 1.90 bits per heavy atom. The second kappa shape index (κ2) is 10.5. The topological polar surface area (TPSA) is 61.4 Å². The van der Waals surface area contributed by atoms with Gasteiger partial charge in [-0.2, -0.15) is 0 Å². The van der Waals surface area contributed by atoms with Crippen LogP contribution in [0, 0.1) is 5.92 Å². The summed E-state index contributed by atoms with van der Waals surface area (Å²) in [4.78, 5) is 28.0. The van der Waals surface area contributed by atoms with E-state index in [1.807, 2.05) is 42.7 Å².